The molecule has 0 unspecified atom stereocenters. The zero-order valence-electron chi connectivity index (χ0n) is 7.90. The number of benzene rings is 1. The van der Waals surface area contributed by atoms with Crippen LogP contribution in [-0.2, 0) is 6.54 Å². The summed E-state index contributed by atoms with van der Waals surface area (Å²) >= 11 is 9.35. The Kier molecular flexibility index (Phi) is 5.03. The summed E-state index contributed by atoms with van der Waals surface area (Å²) in [5, 5.41) is 3.96. The maximum Gasteiger partial charge on any atom is 0.0579 e. The van der Waals surface area contributed by atoms with E-state index in [1.165, 1.54) is 0 Å². The molecule has 1 aromatic rings. The van der Waals surface area contributed by atoms with Crippen LogP contribution < -0.4 is 5.32 Å². The Balaban J connectivity index is 2.56. The Labute approximate surface area is 98.0 Å². The molecule has 0 spiro atoms. The molecule has 0 atom stereocenters. The van der Waals surface area contributed by atoms with Gasteiger partial charge in [0.15, 0.2) is 0 Å². The monoisotopic (exact) mass is 271 g/mol. The van der Waals surface area contributed by atoms with Gasteiger partial charge < -0.3 is 5.32 Å². The molecule has 1 nitrogen and oxygen atoms in total. The van der Waals surface area contributed by atoms with E-state index < -0.39 is 0 Å². The molecular formula is C11H11BrClN. The average molecular weight is 273 g/mol. The lowest BCUT2D eigenvalue weighted by atomic mass is 10.2. The molecule has 0 fully saturated rings. The Hall–Kier alpha value is -0.490. The molecular weight excluding hydrogens is 261 g/mol. The highest BCUT2D eigenvalue weighted by molar-refractivity contribution is 9.10. The van der Waals surface area contributed by atoms with Gasteiger partial charge in [-0.25, -0.2) is 0 Å². The molecule has 1 N–H and O–H groups in total. The maximum absolute atomic E-state index is 5.88. The summed E-state index contributed by atoms with van der Waals surface area (Å²) in [4.78, 5) is 0. The van der Waals surface area contributed by atoms with Crippen LogP contribution in [0.25, 0.3) is 0 Å². The molecule has 0 saturated heterocycles. The van der Waals surface area contributed by atoms with Crippen LogP contribution in [0.1, 0.15) is 12.5 Å². The predicted octanol–water partition coefficient (Wildman–Crippen LogP) is 3.22. The van der Waals surface area contributed by atoms with Crippen molar-refractivity contribution in [2.75, 3.05) is 6.54 Å². The SMILES string of the molecule is CC#CCNCc1cc(Cl)ccc1Br. The topological polar surface area (TPSA) is 12.0 Å². The van der Waals surface area contributed by atoms with Crippen molar-refractivity contribution in [3.63, 3.8) is 0 Å². The molecule has 1 rings (SSSR count). The van der Waals surface area contributed by atoms with E-state index in [-0.39, 0.29) is 0 Å². The summed E-state index contributed by atoms with van der Waals surface area (Å²) in [5.74, 6) is 5.77. The summed E-state index contributed by atoms with van der Waals surface area (Å²) in [6.45, 7) is 3.31. The van der Waals surface area contributed by atoms with Gasteiger partial charge >= 0.3 is 0 Å². The first kappa shape index (κ1) is 11.6. The van der Waals surface area contributed by atoms with Crippen molar-refractivity contribution in [1.29, 1.82) is 0 Å². The summed E-state index contributed by atoms with van der Waals surface area (Å²) < 4.78 is 1.07. The van der Waals surface area contributed by atoms with E-state index in [9.17, 15) is 0 Å². The van der Waals surface area contributed by atoms with Gasteiger partial charge in [-0.2, -0.15) is 0 Å². The van der Waals surface area contributed by atoms with Crippen LogP contribution in [0.15, 0.2) is 22.7 Å². The van der Waals surface area contributed by atoms with Crippen LogP contribution in [0.3, 0.4) is 0 Å². The third-order valence-electron chi connectivity index (χ3n) is 1.71. The van der Waals surface area contributed by atoms with E-state index >= 15 is 0 Å². The molecule has 0 aliphatic rings. The van der Waals surface area contributed by atoms with Crippen molar-refractivity contribution in [1.82, 2.24) is 5.32 Å². The van der Waals surface area contributed by atoms with Crippen molar-refractivity contribution in [2.24, 2.45) is 0 Å². The number of halogens is 2. The van der Waals surface area contributed by atoms with E-state index in [2.05, 4.69) is 33.1 Å². The smallest absolute Gasteiger partial charge is 0.0579 e. The van der Waals surface area contributed by atoms with Crippen molar-refractivity contribution in [3.05, 3.63) is 33.3 Å². The lowest BCUT2D eigenvalue weighted by Gasteiger charge is -2.04. The van der Waals surface area contributed by atoms with Crippen LogP contribution in [0, 0.1) is 11.8 Å². The summed E-state index contributed by atoms with van der Waals surface area (Å²) in [6, 6.07) is 5.75. The molecule has 3 heteroatoms. The first-order chi connectivity index (χ1) is 6.74. The minimum Gasteiger partial charge on any atom is -0.302 e. The van der Waals surface area contributed by atoms with E-state index in [1.807, 2.05) is 25.1 Å². The molecule has 14 heavy (non-hydrogen) atoms. The first-order valence-electron chi connectivity index (χ1n) is 4.28. The third-order valence-corrected chi connectivity index (χ3v) is 2.72. The van der Waals surface area contributed by atoms with Gasteiger partial charge in [-0.05, 0) is 30.7 Å². The number of nitrogens with one attached hydrogen (secondary N) is 1. The van der Waals surface area contributed by atoms with Gasteiger partial charge in [0.1, 0.15) is 0 Å². The molecule has 0 aliphatic heterocycles. The van der Waals surface area contributed by atoms with Gasteiger partial charge in [0.2, 0.25) is 0 Å². The van der Waals surface area contributed by atoms with Crippen molar-refractivity contribution in [3.8, 4) is 11.8 Å². The van der Waals surface area contributed by atoms with Gasteiger partial charge in [-0.3, -0.25) is 0 Å². The van der Waals surface area contributed by atoms with Gasteiger partial charge in [0, 0.05) is 16.0 Å². The van der Waals surface area contributed by atoms with E-state index in [0.717, 1.165) is 21.6 Å². The van der Waals surface area contributed by atoms with E-state index in [0.29, 0.717) is 6.54 Å². The van der Waals surface area contributed by atoms with E-state index in [4.69, 9.17) is 11.6 Å². The fourth-order valence-electron chi connectivity index (χ4n) is 1.03. The summed E-state index contributed by atoms with van der Waals surface area (Å²) in [6.07, 6.45) is 0. The number of hydrogen-bond donors (Lipinski definition) is 1. The van der Waals surface area contributed by atoms with Crippen molar-refractivity contribution < 1.29 is 0 Å². The minimum atomic E-state index is 0.704. The Morgan fingerprint density at radius 2 is 2.29 bits per heavy atom. The Morgan fingerprint density at radius 1 is 1.50 bits per heavy atom. The van der Waals surface area contributed by atoms with Gasteiger partial charge in [0.25, 0.3) is 0 Å². The lowest BCUT2D eigenvalue weighted by Crippen LogP contribution is -2.13. The van der Waals surface area contributed by atoms with Crippen LogP contribution in [0.2, 0.25) is 5.02 Å². The van der Waals surface area contributed by atoms with E-state index in [1.54, 1.807) is 0 Å². The fourth-order valence-corrected chi connectivity index (χ4v) is 1.61. The highest BCUT2D eigenvalue weighted by Crippen LogP contribution is 2.20. The van der Waals surface area contributed by atoms with Gasteiger partial charge in [-0.1, -0.05) is 33.5 Å². The molecule has 0 saturated carbocycles. The fraction of sp³-hybridized carbons (Fsp3) is 0.273. The average Bonchev–Trinajstić information content (AvgIpc) is 2.18. The molecule has 0 aliphatic carbocycles. The minimum absolute atomic E-state index is 0.704. The molecule has 0 bridgehead atoms. The second-order valence-corrected chi connectivity index (χ2v) is 4.06. The molecule has 0 amide bonds. The largest absolute Gasteiger partial charge is 0.302 e. The van der Waals surface area contributed by atoms with Crippen LogP contribution >= 0.6 is 27.5 Å². The van der Waals surface area contributed by atoms with Crippen LogP contribution in [0.5, 0.6) is 0 Å². The molecule has 0 aromatic heterocycles. The normalized spacial score (nSPS) is 9.36. The second kappa shape index (κ2) is 6.08. The molecule has 1 aromatic carbocycles. The third kappa shape index (κ3) is 3.71. The maximum atomic E-state index is 5.88. The lowest BCUT2D eigenvalue weighted by molar-refractivity contribution is 0.767. The summed E-state index contributed by atoms with van der Waals surface area (Å²) in [5.41, 5.74) is 1.15. The van der Waals surface area contributed by atoms with Crippen LogP contribution in [0.4, 0.5) is 0 Å². The number of rotatable bonds is 3. The zero-order valence-corrected chi connectivity index (χ0v) is 10.2. The zero-order chi connectivity index (χ0) is 10.4. The van der Waals surface area contributed by atoms with Gasteiger partial charge in [0.05, 0.1) is 6.54 Å². The standard InChI is InChI=1S/C11H11BrClN/c1-2-3-6-14-8-9-7-10(13)4-5-11(9)12/h4-5,7,14H,6,8H2,1H3. The van der Waals surface area contributed by atoms with Crippen molar-refractivity contribution in [2.45, 2.75) is 13.5 Å². The highest BCUT2D eigenvalue weighted by Gasteiger charge is 1.99. The highest BCUT2D eigenvalue weighted by atomic mass is 79.9. The quantitative estimate of drug-likeness (QED) is 0.658. The molecule has 0 radical (unpaired) electrons. The second-order valence-electron chi connectivity index (χ2n) is 2.77. The molecule has 0 heterocycles. The molecule has 74 valence electrons. The predicted molar refractivity (Wildman–Crippen MR) is 64.3 cm³/mol. The number of hydrogen-bond acceptors (Lipinski definition) is 1. The van der Waals surface area contributed by atoms with Crippen LogP contribution in [-0.4, -0.2) is 6.54 Å². The first-order valence-corrected chi connectivity index (χ1v) is 5.45. The Morgan fingerprint density at radius 3 is 3.00 bits per heavy atom. The van der Waals surface area contributed by atoms with Crippen molar-refractivity contribution >= 4 is 27.5 Å². The Bertz CT molecular complexity index is 365. The van der Waals surface area contributed by atoms with Gasteiger partial charge in [-0.15, -0.1) is 5.92 Å². The summed E-state index contributed by atoms with van der Waals surface area (Å²) in [7, 11) is 0.